The van der Waals surface area contributed by atoms with Gasteiger partial charge in [-0.05, 0) is 55.8 Å². The van der Waals surface area contributed by atoms with Crippen molar-refractivity contribution in [3.05, 3.63) is 76.0 Å². The molecule has 8 heteroatoms. The van der Waals surface area contributed by atoms with E-state index < -0.39 is 9.84 Å². The maximum absolute atomic E-state index is 12.7. The Hall–Kier alpha value is -2.45. The second-order valence-electron chi connectivity index (χ2n) is 6.57. The minimum absolute atomic E-state index is 0.236. The van der Waals surface area contributed by atoms with Crippen LogP contribution in [0.4, 0.5) is 0 Å². The van der Waals surface area contributed by atoms with Gasteiger partial charge >= 0.3 is 0 Å². The summed E-state index contributed by atoms with van der Waals surface area (Å²) in [6, 6.07) is 13.9. The second kappa shape index (κ2) is 7.89. The molecule has 1 aromatic heterocycles. The first-order valence-electron chi connectivity index (χ1n) is 8.58. The van der Waals surface area contributed by atoms with Crippen LogP contribution in [0.3, 0.4) is 0 Å². The van der Waals surface area contributed by atoms with Crippen molar-refractivity contribution < 1.29 is 13.2 Å². The van der Waals surface area contributed by atoms with Crippen LogP contribution in [0.5, 0.6) is 0 Å². The lowest BCUT2D eigenvalue weighted by molar-refractivity contribution is 0.0939. The van der Waals surface area contributed by atoms with Crippen molar-refractivity contribution in [1.82, 2.24) is 15.1 Å². The SMILES string of the molecule is Cc1c(C(=O)NC(C)c2ccc(S(C)(=O)=O)cc2)cnn1-c1ccc(Br)cc1. The number of rotatable bonds is 5. The predicted octanol–water partition coefficient (Wildman–Crippen LogP) is 3.84. The summed E-state index contributed by atoms with van der Waals surface area (Å²) in [6.07, 6.45) is 2.71. The Kier molecular flexibility index (Phi) is 5.71. The van der Waals surface area contributed by atoms with E-state index in [0.717, 1.165) is 21.4 Å². The van der Waals surface area contributed by atoms with E-state index in [1.54, 1.807) is 35.1 Å². The fourth-order valence-corrected chi connectivity index (χ4v) is 3.73. The van der Waals surface area contributed by atoms with Gasteiger partial charge in [0.15, 0.2) is 9.84 Å². The monoisotopic (exact) mass is 461 g/mol. The molecule has 6 nitrogen and oxygen atoms in total. The molecule has 1 heterocycles. The van der Waals surface area contributed by atoms with Crippen LogP contribution in [0.15, 0.2) is 64.1 Å². The Balaban J connectivity index is 1.77. The van der Waals surface area contributed by atoms with E-state index in [-0.39, 0.29) is 16.8 Å². The normalized spacial score (nSPS) is 12.6. The number of sulfone groups is 1. The van der Waals surface area contributed by atoms with Gasteiger partial charge in [-0.1, -0.05) is 28.1 Å². The molecular weight excluding hydrogens is 442 g/mol. The third-order valence-electron chi connectivity index (χ3n) is 4.48. The molecule has 0 saturated heterocycles. The number of hydrogen-bond acceptors (Lipinski definition) is 4. The maximum atomic E-state index is 12.7. The van der Waals surface area contributed by atoms with E-state index in [2.05, 4.69) is 26.3 Å². The fourth-order valence-electron chi connectivity index (χ4n) is 2.84. The molecule has 0 spiro atoms. The van der Waals surface area contributed by atoms with E-state index >= 15 is 0 Å². The van der Waals surface area contributed by atoms with Crippen LogP contribution in [0, 0.1) is 6.92 Å². The Labute approximate surface area is 172 Å². The zero-order chi connectivity index (χ0) is 20.5. The first-order chi connectivity index (χ1) is 13.2. The smallest absolute Gasteiger partial charge is 0.255 e. The third-order valence-corrected chi connectivity index (χ3v) is 6.14. The highest BCUT2D eigenvalue weighted by atomic mass is 79.9. The molecule has 0 bridgehead atoms. The largest absolute Gasteiger partial charge is 0.345 e. The van der Waals surface area contributed by atoms with Gasteiger partial charge in [0.1, 0.15) is 0 Å². The van der Waals surface area contributed by atoms with Crippen molar-refractivity contribution in [3.63, 3.8) is 0 Å². The van der Waals surface area contributed by atoms with Crippen molar-refractivity contribution >= 4 is 31.7 Å². The molecular formula is C20H20BrN3O3S. The Bertz CT molecular complexity index is 1100. The van der Waals surface area contributed by atoms with Crippen LogP contribution in [0.2, 0.25) is 0 Å². The molecule has 1 unspecified atom stereocenters. The summed E-state index contributed by atoms with van der Waals surface area (Å²) < 4.78 is 25.8. The average Bonchev–Trinajstić information content (AvgIpc) is 3.03. The average molecular weight is 462 g/mol. The summed E-state index contributed by atoms with van der Waals surface area (Å²) in [5.41, 5.74) is 2.91. The zero-order valence-corrected chi connectivity index (χ0v) is 18.1. The first kappa shape index (κ1) is 20.3. The summed E-state index contributed by atoms with van der Waals surface area (Å²) in [5.74, 6) is -0.236. The van der Waals surface area contributed by atoms with Crippen LogP contribution in [0.1, 0.15) is 34.6 Å². The minimum Gasteiger partial charge on any atom is -0.345 e. The van der Waals surface area contributed by atoms with Crippen molar-refractivity contribution in [1.29, 1.82) is 0 Å². The topological polar surface area (TPSA) is 81.1 Å². The van der Waals surface area contributed by atoms with Crippen LogP contribution in [-0.4, -0.2) is 30.4 Å². The van der Waals surface area contributed by atoms with E-state index in [9.17, 15) is 13.2 Å². The lowest BCUT2D eigenvalue weighted by Crippen LogP contribution is -2.27. The number of aromatic nitrogens is 2. The Morgan fingerprint density at radius 3 is 2.29 bits per heavy atom. The molecule has 0 aliphatic heterocycles. The van der Waals surface area contributed by atoms with Crippen molar-refractivity contribution in [3.8, 4) is 5.69 Å². The Morgan fingerprint density at radius 1 is 1.11 bits per heavy atom. The number of benzene rings is 2. The van der Waals surface area contributed by atoms with E-state index in [0.29, 0.717) is 5.56 Å². The molecule has 2 aromatic carbocycles. The summed E-state index contributed by atoms with van der Waals surface area (Å²) in [7, 11) is -3.24. The number of amides is 1. The second-order valence-corrected chi connectivity index (χ2v) is 9.50. The number of hydrogen-bond donors (Lipinski definition) is 1. The third kappa shape index (κ3) is 4.34. The minimum atomic E-state index is -3.24. The van der Waals surface area contributed by atoms with E-state index in [4.69, 9.17) is 0 Å². The molecule has 1 atom stereocenters. The molecule has 0 aliphatic rings. The molecule has 0 aliphatic carbocycles. The summed E-state index contributed by atoms with van der Waals surface area (Å²) in [4.78, 5) is 13.0. The van der Waals surface area contributed by atoms with Crippen LogP contribution >= 0.6 is 15.9 Å². The van der Waals surface area contributed by atoms with Gasteiger partial charge in [0.2, 0.25) is 0 Å². The summed E-state index contributed by atoms with van der Waals surface area (Å²) >= 11 is 3.40. The molecule has 28 heavy (non-hydrogen) atoms. The summed E-state index contributed by atoms with van der Waals surface area (Å²) in [5, 5.41) is 7.27. The van der Waals surface area contributed by atoms with Gasteiger partial charge < -0.3 is 5.32 Å². The summed E-state index contributed by atoms with van der Waals surface area (Å²) in [6.45, 7) is 3.69. The van der Waals surface area contributed by atoms with Crippen molar-refractivity contribution in [2.24, 2.45) is 0 Å². The molecule has 0 fully saturated rings. The lowest BCUT2D eigenvalue weighted by atomic mass is 10.1. The van der Waals surface area contributed by atoms with E-state index in [1.807, 2.05) is 38.1 Å². The van der Waals surface area contributed by atoms with Crippen molar-refractivity contribution in [2.75, 3.05) is 6.26 Å². The van der Waals surface area contributed by atoms with Gasteiger partial charge in [-0.25, -0.2) is 13.1 Å². The number of nitrogens with zero attached hydrogens (tertiary/aromatic N) is 2. The molecule has 3 aromatic rings. The van der Waals surface area contributed by atoms with Gasteiger partial charge in [-0.15, -0.1) is 0 Å². The predicted molar refractivity (Wildman–Crippen MR) is 111 cm³/mol. The highest BCUT2D eigenvalue weighted by Crippen LogP contribution is 2.20. The van der Waals surface area contributed by atoms with Crippen molar-refractivity contribution in [2.45, 2.75) is 24.8 Å². The maximum Gasteiger partial charge on any atom is 0.255 e. The zero-order valence-electron chi connectivity index (χ0n) is 15.7. The standard InChI is InChI=1S/C20H20BrN3O3S/c1-13(15-4-10-18(11-5-15)28(3,26)27)23-20(25)19-12-22-24(14(19)2)17-8-6-16(21)7-9-17/h4-13H,1-3H3,(H,23,25). The molecule has 146 valence electrons. The first-order valence-corrected chi connectivity index (χ1v) is 11.3. The molecule has 1 N–H and O–H groups in total. The molecule has 0 radical (unpaired) electrons. The molecule has 3 rings (SSSR count). The number of halogens is 1. The van der Waals surface area contributed by atoms with Gasteiger partial charge in [-0.3, -0.25) is 4.79 Å². The number of carbonyl (C=O) groups is 1. The highest BCUT2D eigenvalue weighted by molar-refractivity contribution is 9.10. The molecule has 1 amide bonds. The quantitative estimate of drug-likeness (QED) is 0.625. The number of carbonyl (C=O) groups excluding carboxylic acids is 1. The highest BCUT2D eigenvalue weighted by Gasteiger charge is 2.18. The molecule has 0 saturated carbocycles. The lowest BCUT2D eigenvalue weighted by Gasteiger charge is -2.15. The van der Waals surface area contributed by atoms with Gasteiger partial charge in [0, 0.05) is 10.7 Å². The number of nitrogens with one attached hydrogen (secondary N) is 1. The van der Waals surface area contributed by atoms with Gasteiger partial charge in [0.05, 0.1) is 34.1 Å². The van der Waals surface area contributed by atoms with Crippen LogP contribution in [-0.2, 0) is 9.84 Å². The van der Waals surface area contributed by atoms with Gasteiger partial charge in [-0.2, -0.15) is 5.10 Å². The van der Waals surface area contributed by atoms with Gasteiger partial charge in [0.25, 0.3) is 5.91 Å². The van der Waals surface area contributed by atoms with Crippen LogP contribution in [0.25, 0.3) is 5.69 Å². The van der Waals surface area contributed by atoms with E-state index in [1.165, 1.54) is 6.26 Å². The Morgan fingerprint density at radius 2 is 1.71 bits per heavy atom. The fraction of sp³-hybridized carbons (Fsp3) is 0.200. The van der Waals surface area contributed by atoms with Crippen LogP contribution < -0.4 is 5.32 Å².